The molecule has 1 N–H and O–H groups in total. The van der Waals surface area contributed by atoms with Crippen LogP contribution in [0.25, 0.3) is 0 Å². The summed E-state index contributed by atoms with van der Waals surface area (Å²) in [7, 11) is 3.53. The van der Waals surface area contributed by atoms with Crippen molar-refractivity contribution in [1.29, 1.82) is 0 Å². The molecule has 1 aromatic rings. The minimum Gasteiger partial charge on any atom is -0.494 e. The van der Waals surface area contributed by atoms with Crippen LogP contribution in [-0.4, -0.2) is 20.2 Å². The Morgan fingerprint density at radius 3 is 2.76 bits per heavy atom. The quantitative estimate of drug-likeness (QED) is 0.861. The van der Waals surface area contributed by atoms with Crippen LogP contribution in [0, 0.1) is 23.6 Å². The van der Waals surface area contributed by atoms with E-state index in [2.05, 4.69) is 5.32 Å². The molecule has 0 radical (unpaired) electrons. The third-order valence-corrected chi connectivity index (χ3v) is 5.58. The fraction of sp³-hybridized carbons (Fsp3) is 0.667. The van der Waals surface area contributed by atoms with Gasteiger partial charge in [-0.1, -0.05) is 12.5 Å². The second-order valence-corrected chi connectivity index (χ2v) is 6.83. The van der Waals surface area contributed by atoms with Crippen molar-refractivity contribution in [1.82, 2.24) is 5.32 Å². The summed E-state index contributed by atoms with van der Waals surface area (Å²) >= 11 is 0. The highest BCUT2D eigenvalue weighted by Gasteiger charge is 2.39. The van der Waals surface area contributed by atoms with Crippen molar-refractivity contribution in [3.63, 3.8) is 0 Å². The van der Waals surface area contributed by atoms with E-state index in [1.807, 2.05) is 13.1 Å². The van der Waals surface area contributed by atoms with E-state index in [-0.39, 0.29) is 5.82 Å². The van der Waals surface area contributed by atoms with Gasteiger partial charge in [-0.3, -0.25) is 0 Å². The molecule has 2 bridgehead atoms. The number of rotatable bonds is 6. The molecule has 2 aliphatic rings. The molecular formula is C18H26FNO. The van der Waals surface area contributed by atoms with Crippen LogP contribution in [0.3, 0.4) is 0 Å². The standard InChI is InChI=1S/C18H26FNO/c1-20-16(11-15-8-12-3-5-14(15)7-12)9-13-4-6-18(21-2)17(19)10-13/h4,6,10,12,14-16,20H,3,5,7-9,11H2,1-2H3. The zero-order chi connectivity index (χ0) is 14.8. The highest BCUT2D eigenvalue weighted by atomic mass is 19.1. The maximum Gasteiger partial charge on any atom is 0.165 e. The SMILES string of the molecule is CNC(Cc1ccc(OC)c(F)c1)CC1CC2CCC1C2. The summed E-state index contributed by atoms with van der Waals surface area (Å²) in [6.07, 6.45) is 7.88. The molecule has 2 fully saturated rings. The van der Waals surface area contributed by atoms with E-state index < -0.39 is 0 Å². The van der Waals surface area contributed by atoms with Crippen molar-refractivity contribution >= 4 is 0 Å². The molecule has 1 aromatic carbocycles. The molecule has 4 atom stereocenters. The zero-order valence-corrected chi connectivity index (χ0v) is 13.1. The monoisotopic (exact) mass is 291 g/mol. The Bertz CT molecular complexity index is 490. The van der Waals surface area contributed by atoms with Crippen LogP contribution in [0.1, 0.15) is 37.7 Å². The Labute approximate surface area is 127 Å². The average molecular weight is 291 g/mol. The van der Waals surface area contributed by atoms with Crippen molar-refractivity contribution in [2.75, 3.05) is 14.2 Å². The third kappa shape index (κ3) is 3.23. The first-order valence-electron chi connectivity index (χ1n) is 8.19. The molecule has 3 rings (SSSR count). The van der Waals surface area contributed by atoms with E-state index >= 15 is 0 Å². The van der Waals surface area contributed by atoms with Gasteiger partial charge in [-0.05, 0) is 74.6 Å². The number of hydrogen-bond acceptors (Lipinski definition) is 2. The van der Waals surface area contributed by atoms with Gasteiger partial charge in [0.15, 0.2) is 11.6 Å². The van der Waals surface area contributed by atoms with Crippen molar-refractivity contribution in [3.05, 3.63) is 29.6 Å². The summed E-state index contributed by atoms with van der Waals surface area (Å²) in [6, 6.07) is 5.77. The van der Waals surface area contributed by atoms with Gasteiger partial charge in [-0.2, -0.15) is 0 Å². The molecule has 2 saturated carbocycles. The lowest BCUT2D eigenvalue weighted by atomic mass is 9.83. The minimum absolute atomic E-state index is 0.259. The van der Waals surface area contributed by atoms with E-state index in [4.69, 9.17) is 4.74 Å². The molecule has 0 heterocycles. The van der Waals surface area contributed by atoms with Crippen LogP contribution >= 0.6 is 0 Å². The lowest BCUT2D eigenvalue weighted by Gasteiger charge is -2.26. The van der Waals surface area contributed by atoms with Crippen molar-refractivity contribution < 1.29 is 9.13 Å². The molecule has 0 saturated heterocycles. The molecule has 0 spiro atoms. The molecule has 21 heavy (non-hydrogen) atoms. The third-order valence-electron chi connectivity index (χ3n) is 5.58. The number of likely N-dealkylation sites (N-methyl/N-ethyl adjacent to an activating group) is 1. The van der Waals surface area contributed by atoms with Gasteiger partial charge in [0, 0.05) is 6.04 Å². The zero-order valence-electron chi connectivity index (χ0n) is 13.1. The van der Waals surface area contributed by atoms with Gasteiger partial charge in [0.2, 0.25) is 0 Å². The summed E-state index contributed by atoms with van der Waals surface area (Å²) < 4.78 is 18.8. The van der Waals surface area contributed by atoms with Crippen LogP contribution in [0.5, 0.6) is 5.75 Å². The predicted molar refractivity (Wildman–Crippen MR) is 83.1 cm³/mol. The predicted octanol–water partition coefficient (Wildman–Crippen LogP) is 3.79. The highest BCUT2D eigenvalue weighted by Crippen LogP contribution is 2.49. The molecule has 3 heteroatoms. The lowest BCUT2D eigenvalue weighted by molar-refractivity contribution is 0.281. The number of methoxy groups -OCH3 is 1. The fourth-order valence-electron chi connectivity index (χ4n) is 4.46. The molecule has 4 unspecified atom stereocenters. The molecule has 0 amide bonds. The molecule has 0 aromatic heterocycles. The smallest absolute Gasteiger partial charge is 0.165 e. The Morgan fingerprint density at radius 1 is 1.33 bits per heavy atom. The number of hydrogen-bond donors (Lipinski definition) is 1. The van der Waals surface area contributed by atoms with Gasteiger partial charge < -0.3 is 10.1 Å². The maximum absolute atomic E-state index is 13.8. The van der Waals surface area contributed by atoms with E-state index in [9.17, 15) is 4.39 Å². The van der Waals surface area contributed by atoms with E-state index in [0.29, 0.717) is 11.8 Å². The van der Waals surface area contributed by atoms with Crippen LogP contribution in [0.15, 0.2) is 18.2 Å². The summed E-state index contributed by atoms with van der Waals surface area (Å²) in [5.74, 6) is 2.90. The number of benzene rings is 1. The van der Waals surface area contributed by atoms with Crippen LogP contribution in [0.2, 0.25) is 0 Å². The van der Waals surface area contributed by atoms with Gasteiger partial charge >= 0.3 is 0 Å². The van der Waals surface area contributed by atoms with Crippen molar-refractivity contribution in [2.45, 2.75) is 44.6 Å². The number of fused-ring (bicyclic) bond motifs is 2. The summed E-state index contributed by atoms with van der Waals surface area (Å²) in [5, 5.41) is 3.43. The Balaban J connectivity index is 1.60. The molecular weight excluding hydrogens is 265 g/mol. The summed E-state index contributed by atoms with van der Waals surface area (Å²) in [4.78, 5) is 0. The van der Waals surface area contributed by atoms with Crippen molar-refractivity contribution in [3.8, 4) is 5.75 Å². The topological polar surface area (TPSA) is 21.3 Å². The molecule has 2 aliphatic carbocycles. The fourth-order valence-corrected chi connectivity index (χ4v) is 4.46. The van der Waals surface area contributed by atoms with Gasteiger partial charge in [0.1, 0.15) is 0 Å². The minimum atomic E-state index is -0.259. The van der Waals surface area contributed by atoms with Crippen molar-refractivity contribution in [2.24, 2.45) is 17.8 Å². The number of halogens is 1. The van der Waals surface area contributed by atoms with Gasteiger partial charge in [0.25, 0.3) is 0 Å². The Hall–Kier alpha value is -1.09. The lowest BCUT2D eigenvalue weighted by Crippen LogP contribution is -2.31. The Morgan fingerprint density at radius 2 is 2.19 bits per heavy atom. The first-order valence-corrected chi connectivity index (χ1v) is 8.19. The van der Waals surface area contributed by atoms with E-state index in [1.165, 1.54) is 39.2 Å². The second kappa shape index (κ2) is 6.35. The molecule has 2 nitrogen and oxygen atoms in total. The first-order chi connectivity index (χ1) is 10.2. The highest BCUT2D eigenvalue weighted by molar-refractivity contribution is 5.29. The van der Waals surface area contributed by atoms with Crippen LogP contribution < -0.4 is 10.1 Å². The maximum atomic E-state index is 13.8. The van der Waals surface area contributed by atoms with E-state index in [1.54, 1.807) is 12.1 Å². The summed E-state index contributed by atoms with van der Waals surface area (Å²) in [5.41, 5.74) is 1.05. The van der Waals surface area contributed by atoms with E-state index in [0.717, 1.165) is 29.7 Å². The Kier molecular flexibility index (Phi) is 4.48. The first kappa shape index (κ1) is 14.8. The number of ether oxygens (including phenoxy) is 1. The average Bonchev–Trinajstić information content (AvgIpc) is 3.09. The van der Waals surface area contributed by atoms with Gasteiger partial charge in [0.05, 0.1) is 7.11 Å². The van der Waals surface area contributed by atoms with Gasteiger partial charge in [-0.25, -0.2) is 4.39 Å². The molecule has 116 valence electrons. The number of nitrogens with one attached hydrogen (secondary N) is 1. The largest absolute Gasteiger partial charge is 0.494 e. The van der Waals surface area contributed by atoms with Crippen LogP contribution in [-0.2, 0) is 6.42 Å². The second-order valence-electron chi connectivity index (χ2n) is 6.83. The van der Waals surface area contributed by atoms with Crippen LogP contribution in [0.4, 0.5) is 4.39 Å². The van der Waals surface area contributed by atoms with Gasteiger partial charge in [-0.15, -0.1) is 0 Å². The molecule has 0 aliphatic heterocycles. The normalized spacial score (nSPS) is 28.8. The summed E-state index contributed by atoms with van der Waals surface area (Å²) in [6.45, 7) is 0.